The summed E-state index contributed by atoms with van der Waals surface area (Å²) in [5, 5.41) is 2.86. The van der Waals surface area contributed by atoms with Crippen LogP contribution in [0.1, 0.15) is 42.1 Å². The summed E-state index contributed by atoms with van der Waals surface area (Å²) in [5.74, 6) is -0.107. The van der Waals surface area contributed by atoms with Crippen LogP contribution in [0.3, 0.4) is 0 Å². The summed E-state index contributed by atoms with van der Waals surface area (Å²) in [4.78, 5) is 12.0. The van der Waals surface area contributed by atoms with Crippen molar-refractivity contribution in [2.45, 2.75) is 32.6 Å². The molecule has 6 nitrogen and oxygen atoms in total. The third kappa shape index (κ3) is 9.64. The number of hydrogen-bond donors (Lipinski definition) is 2. The van der Waals surface area contributed by atoms with Crippen molar-refractivity contribution in [3.8, 4) is 0 Å². The molecular formula is C17H28N2O4S. The Hall–Kier alpha value is -1.44. The minimum Gasteiger partial charge on any atom is -0.381 e. The summed E-state index contributed by atoms with van der Waals surface area (Å²) in [5.41, 5.74) is 1.58. The van der Waals surface area contributed by atoms with Gasteiger partial charge in [-0.05, 0) is 37.0 Å². The highest BCUT2D eigenvalue weighted by molar-refractivity contribution is 7.88. The zero-order chi connectivity index (χ0) is 17.8. The van der Waals surface area contributed by atoms with E-state index in [-0.39, 0.29) is 5.91 Å². The van der Waals surface area contributed by atoms with Crippen molar-refractivity contribution in [3.63, 3.8) is 0 Å². The number of rotatable bonds is 12. The SMILES string of the molecule is CCCCOCCCNC(=O)c1ccc(CCNS(C)(=O)=O)cc1. The Balaban J connectivity index is 2.25. The smallest absolute Gasteiger partial charge is 0.251 e. The van der Waals surface area contributed by atoms with Crippen LogP contribution in [-0.4, -0.2) is 46.9 Å². The van der Waals surface area contributed by atoms with E-state index >= 15 is 0 Å². The van der Waals surface area contributed by atoms with Gasteiger partial charge in [0.1, 0.15) is 0 Å². The maximum Gasteiger partial charge on any atom is 0.251 e. The number of sulfonamides is 1. The Labute approximate surface area is 145 Å². The number of amides is 1. The van der Waals surface area contributed by atoms with Crippen molar-refractivity contribution in [2.75, 3.05) is 32.6 Å². The second-order valence-electron chi connectivity index (χ2n) is 5.69. The second kappa shape index (κ2) is 11.2. The molecule has 0 heterocycles. The van der Waals surface area contributed by atoms with Gasteiger partial charge in [-0.2, -0.15) is 0 Å². The van der Waals surface area contributed by atoms with Gasteiger partial charge >= 0.3 is 0 Å². The molecule has 0 saturated heterocycles. The summed E-state index contributed by atoms with van der Waals surface area (Å²) in [6.45, 7) is 4.50. The highest BCUT2D eigenvalue weighted by Gasteiger charge is 2.05. The molecule has 1 aromatic carbocycles. The van der Waals surface area contributed by atoms with Crippen molar-refractivity contribution in [3.05, 3.63) is 35.4 Å². The minimum atomic E-state index is -3.16. The van der Waals surface area contributed by atoms with Gasteiger partial charge in [0.05, 0.1) is 6.26 Å². The van der Waals surface area contributed by atoms with Gasteiger partial charge in [-0.3, -0.25) is 4.79 Å². The predicted molar refractivity (Wildman–Crippen MR) is 95.7 cm³/mol. The van der Waals surface area contributed by atoms with E-state index < -0.39 is 10.0 Å². The Kier molecular flexibility index (Phi) is 9.59. The van der Waals surface area contributed by atoms with Gasteiger partial charge in [0.15, 0.2) is 0 Å². The summed E-state index contributed by atoms with van der Waals surface area (Å²) in [7, 11) is -3.16. The molecule has 0 aliphatic heterocycles. The maximum absolute atomic E-state index is 12.0. The molecule has 2 N–H and O–H groups in total. The van der Waals surface area contributed by atoms with Gasteiger partial charge in [0.25, 0.3) is 5.91 Å². The summed E-state index contributed by atoms with van der Waals surface area (Å²) in [6.07, 6.45) is 4.71. The van der Waals surface area contributed by atoms with Crippen LogP contribution in [0.5, 0.6) is 0 Å². The lowest BCUT2D eigenvalue weighted by Crippen LogP contribution is -2.25. The third-order valence-electron chi connectivity index (χ3n) is 3.39. The van der Waals surface area contributed by atoms with Crippen LogP contribution in [0.4, 0.5) is 0 Å². The molecule has 0 atom stereocenters. The zero-order valence-corrected chi connectivity index (χ0v) is 15.3. The van der Waals surface area contributed by atoms with Crippen molar-refractivity contribution in [1.82, 2.24) is 10.0 Å². The van der Waals surface area contributed by atoms with Gasteiger partial charge in [0.2, 0.25) is 10.0 Å². The number of unbranched alkanes of at least 4 members (excludes halogenated alkanes) is 1. The molecule has 0 aromatic heterocycles. The molecule has 0 aliphatic rings. The Morgan fingerprint density at radius 2 is 1.75 bits per heavy atom. The van der Waals surface area contributed by atoms with Gasteiger partial charge in [-0.15, -0.1) is 0 Å². The van der Waals surface area contributed by atoms with Gasteiger partial charge in [0, 0.05) is 31.9 Å². The molecular weight excluding hydrogens is 328 g/mol. The molecule has 1 rings (SSSR count). The van der Waals surface area contributed by atoms with Crippen LogP contribution >= 0.6 is 0 Å². The summed E-state index contributed by atoms with van der Waals surface area (Å²) >= 11 is 0. The first-order valence-corrected chi connectivity index (χ1v) is 10.2. The van der Waals surface area contributed by atoms with Crippen LogP contribution < -0.4 is 10.0 Å². The van der Waals surface area contributed by atoms with E-state index in [2.05, 4.69) is 17.0 Å². The monoisotopic (exact) mass is 356 g/mol. The fraction of sp³-hybridized carbons (Fsp3) is 0.588. The molecule has 1 aromatic rings. The van der Waals surface area contributed by atoms with E-state index in [1.807, 2.05) is 12.1 Å². The van der Waals surface area contributed by atoms with Crippen molar-refractivity contribution >= 4 is 15.9 Å². The van der Waals surface area contributed by atoms with E-state index in [0.717, 1.165) is 37.7 Å². The van der Waals surface area contributed by atoms with Crippen molar-refractivity contribution in [1.29, 1.82) is 0 Å². The third-order valence-corrected chi connectivity index (χ3v) is 4.12. The lowest BCUT2D eigenvalue weighted by atomic mass is 10.1. The molecule has 0 aliphatic carbocycles. The summed E-state index contributed by atoms with van der Waals surface area (Å²) in [6, 6.07) is 7.19. The molecule has 0 bridgehead atoms. The summed E-state index contributed by atoms with van der Waals surface area (Å²) < 4.78 is 29.9. The minimum absolute atomic E-state index is 0.107. The lowest BCUT2D eigenvalue weighted by molar-refractivity contribution is 0.0940. The van der Waals surface area contributed by atoms with Gasteiger partial charge in [-0.25, -0.2) is 13.1 Å². The lowest BCUT2D eigenvalue weighted by Gasteiger charge is -2.07. The average molecular weight is 356 g/mol. The molecule has 7 heteroatoms. The van der Waals surface area contributed by atoms with Crippen LogP contribution in [0.15, 0.2) is 24.3 Å². The fourth-order valence-corrected chi connectivity index (χ4v) is 2.50. The molecule has 0 saturated carbocycles. The first-order valence-electron chi connectivity index (χ1n) is 8.32. The van der Waals surface area contributed by atoms with Gasteiger partial charge < -0.3 is 10.1 Å². The number of nitrogens with one attached hydrogen (secondary N) is 2. The molecule has 24 heavy (non-hydrogen) atoms. The van der Waals surface area contributed by atoms with Crippen LogP contribution in [0.2, 0.25) is 0 Å². The van der Waals surface area contributed by atoms with Crippen molar-refractivity contribution < 1.29 is 17.9 Å². The molecule has 1 amide bonds. The molecule has 136 valence electrons. The van der Waals surface area contributed by atoms with Crippen molar-refractivity contribution in [2.24, 2.45) is 0 Å². The zero-order valence-electron chi connectivity index (χ0n) is 14.5. The largest absolute Gasteiger partial charge is 0.381 e. The highest BCUT2D eigenvalue weighted by Crippen LogP contribution is 2.05. The topological polar surface area (TPSA) is 84.5 Å². The Bertz CT molecular complexity index is 585. The van der Waals surface area contributed by atoms with E-state index in [9.17, 15) is 13.2 Å². The number of carbonyl (C=O) groups excluding carboxylic acids is 1. The van der Waals surface area contributed by atoms with Crippen LogP contribution in [0.25, 0.3) is 0 Å². The van der Waals surface area contributed by atoms with E-state index in [1.165, 1.54) is 0 Å². The molecule has 0 unspecified atom stereocenters. The second-order valence-corrected chi connectivity index (χ2v) is 7.52. The fourth-order valence-electron chi connectivity index (χ4n) is 2.03. The Morgan fingerprint density at radius 3 is 2.38 bits per heavy atom. The van der Waals surface area contributed by atoms with Gasteiger partial charge in [-0.1, -0.05) is 25.5 Å². The first kappa shape index (κ1) is 20.6. The molecule has 0 radical (unpaired) electrons. The quantitative estimate of drug-likeness (QED) is 0.559. The number of ether oxygens (including phenoxy) is 1. The highest BCUT2D eigenvalue weighted by atomic mass is 32.2. The predicted octanol–water partition coefficient (Wildman–Crippen LogP) is 1.71. The van der Waals surface area contributed by atoms with E-state index in [1.54, 1.807) is 12.1 Å². The average Bonchev–Trinajstić information content (AvgIpc) is 2.53. The van der Waals surface area contributed by atoms with Crippen LogP contribution in [0, 0.1) is 0 Å². The van der Waals surface area contributed by atoms with Crippen LogP contribution in [-0.2, 0) is 21.2 Å². The maximum atomic E-state index is 12.0. The normalized spacial score (nSPS) is 11.4. The number of hydrogen-bond acceptors (Lipinski definition) is 4. The molecule has 0 spiro atoms. The molecule has 0 fully saturated rings. The standard InChI is InChI=1S/C17H28N2O4S/c1-3-4-13-23-14-5-11-18-17(20)16-8-6-15(7-9-16)10-12-19-24(2,21)22/h6-9,19H,3-5,10-14H2,1-2H3,(H,18,20). The first-order chi connectivity index (χ1) is 11.4. The number of carbonyl (C=O) groups is 1. The van der Waals surface area contributed by atoms with E-state index in [0.29, 0.717) is 31.7 Å². The number of benzene rings is 1. The Morgan fingerprint density at radius 1 is 1.08 bits per heavy atom. The van der Waals surface area contributed by atoms with E-state index in [4.69, 9.17) is 4.74 Å².